The molecule has 2 aliphatic heterocycles. The first-order valence-electron chi connectivity index (χ1n) is 5.13. The Labute approximate surface area is 92.3 Å². The molecule has 3 rings (SSSR count). The molecule has 2 heterocycles. The molecule has 0 aromatic heterocycles. The Balaban J connectivity index is 1.98. The number of esters is 1. The summed E-state index contributed by atoms with van der Waals surface area (Å²) in [5.74, 6) is -0.852. The number of methoxy groups -OCH3 is 1. The minimum absolute atomic E-state index is 0.182. The minimum Gasteiger partial charge on any atom is -0.471 e. The predicted molar refractivity (Wildman–Crippen MR) is 52.0 cm³/mol. The molecular weight excluding hydrogens is 212 g/mol. The zero-order valence-corrected chi connectivity index (χ0v) is 8.75. The van der Waals surface area contributed by atoms with Gasteiger partial charge in [-0.05, 0) is 0 Å². The lowest BCUT2D eigenvalue weighted by molar-refractivity contribution is -0.141. The van der Waals surface area contributed by atoms with Crippen LogP contribution >= 0.6 is 0 Å². The maximum absolute atomic E-state index is 11.5. The molecular formula is C11H12O5. The fraction of sp³-hybridized carbons (Fsp3) is 0.545. The number of ether oxygens (including phenoxy) is 3. The fourth-order valence-electron chi connectivity index (χ4n) is 2.62. The van der Waals surface area contributed by atoms with E-state index < -0.39 is 17.9 Å². The molecule has 1 aliphatic carbocycles. The second-order valence-corrected chi connectivity index (χ2v) is 4.28. The summed E-state index contributed by atoms with van der Waals surface area (Å²) in [6.45, 7) is 0.206. The summed E-state index contributed by atoms with van der Waals surface area (Å²) < 4.78 is 15.3. The number of rotatable bonds is 1. The third-order valence-corrected chi connectivity index (χ3v) is 3.44. The topological polar surface area (TPSA) is 65.0 Å². The van der Waals surface area contributed by atoms with E-state index in [-0.39, 0.29) is 18.4 Å². The smallest absolute Gasteiger partial charge is 0.337 e. The van der Waals surface area contributed by atoms with Crippen LogP contribution in [-0.4, -0.2) is 36.7 Å². The first kappa shape index (κ1) is 9.86. The Bertz CT molecular complexity index is 399. The Morgan fingerprint density at radius 2 is 2.50 bits per heavy atom. The van der Waals surface area contributed by atoms with Gasteiger partial charge in [-0.3, -0.25) is 0 Å². The van der Waals surface area contributed by atoms with Gasteiger partial charge in [0.15, 0.2) is 0 Å². The van der Waals surface area contributed by atoms with Crippen molar-refractivity contribution in [2.45, 2.75) is 11.9 Å². The molecule has 0 saturated carbocycles. The molecule has 4 atom stereocenters. The van der Waals surface area contributed by atoms with Crippen LogP contribution < -0.4 is 0 Å². The third-order valence-electron chi connectivity index (χ3n) is 3.44. The fourth-order valence-corrected chi connectivity index (χ4v) is 2.62. The van der Waals surface area contributed by atoms with Crippen LogP contribution in [0.25, 0.3) is 0 Å². The van der Waals surface area contributed by atoms with Crippen LogP contribution in [0.1, 0.15) is 0 Å². The van der Waals surface area contributed by atoms with E-state index in [1.807, 2.05) is 6.08 Å². The third kappa shape index (κ3) is 1.10. The van der Waals surface area contributed by atoms with Gasteiger partial charge in [0.05, 0.1) is 31.5 Å². The molecule has 0 radical (unpaired) electrons. The molecule has 0 amide bonds. The van der Waals surface area contributed by atoms with E-state index in [4.69, 9.17) is 9.47 Å². The summed E-state index contributed by atoms with van der Waals surface area (Å²) >= 11 is 0. The number of hydrogen-bond acceptors (Lipinski definition) is 5. The summed E-state index contributed by atoms with van der Waals surface area (Å²) in [6, 6.07) is 0. The summed E-state index contributed by atoms with van der Waals surface area (Å²) in [4.78, 5) is 11.5. The van der Waals surface area contributed by atoms with Crippen LogP contribution in [0.15, 0.2) is 24.0 Å². The molecule has 0 spiro atoms. The molecule has 0 bridgehead atoms. The van der Waals surface area contributed by atoms with Crippen molar-refractivity contribution in [2.24, 2.45) is 11.8 Å². The van der Waals surface area contributed by atoms with Gasteiger partial charge in [0.25, 0.3) is 0 Å². The first-order chi connectivity index (χ1) is 7.65. The largest absolute Gasteiger partial charge is 0.471 e. The zero-order chi connectivity index (χ0) is 11.3. The van der Waals surface area contributed by atoms with Gasteiger partial charge < -0.3 is 19.3 Å². The highest BCUT2D eigenvalue weighted by Crippen LogP contribution is 2.48. The van der Waals surface area contributed by atoms with Crippen molar-refractivity contribution in [2.75, 3.05) is 13.7 Å². The molecule has 86 valence electrons. The Kier molecular flexibility index (Phi) is 1.90. The normalized spacial score (nSPS) is 43.6. The molecule has 1 saturated heterocycles. The molecule has 0 aromatic carbocycles. The molecule has 16 heavy (non-hydrogen) atoms. The first-order valence-corrected chi connectivity index (χ1v) is 5.13. The van der Waals surface area contributed by atoms with Crippen molar-refractivity contribution >= 4 is 5.97 Å². The highest BCUT2D eigenvalue weighted by Gasteiger charge is 2.58. The van der Waals surface area contributed by atoms with Crippen molar-refractivity contribution in [3.8, 4) is 0 Å². The molecule has 5 nitrogen and oxygen atoms in total. The summed E-state index contributed by atoms with van der Waals surface area (Å²) in [6.07, 6.45) is 4.41. The molecule has 1 fully saturated rings. The SMILES string of the molecule is COC(=O)C1=CO[C@@H]2OC[C@]3(O)C=C[C@H]1C23. The van der Waals surface area contributed by atoms with Gasteiger partial charge in [0.2, 0.25) is 6.29 Å². The van der Waals surface area contributed by atoms with Crippen molar-refractivity contribution in [3.05, 3.63) is 24.0 Å². The zero-order valence-electron chi connectivity index (χ0n) is 8.75. The maximum atomic E-state index is 11.5. The van der Waals surface area contributed by atoms with Crippen molar-refractivity contribution in [1.29, 1.82) is 0 Å². The number of carbonyl (C=O) groups is 1. The summed E-state index contributed by atoms with van der Waals surface area (Å²) in [5.41, 5.74) is -0.579. The van der Waals surface area contributed by atoms with Crippen LogP contribution in [-0.2, 0) is 19.0 Å². The van der Waals surface area contributed by atoms with Gasteiger partial charge in [0, 0.05) is 5.92 Å². The van der Waals surface area contributed by atoms with Crippen LogP contribution in [0.3, 0.4) is 0 Å². The Morgan fingerprint density at radius 3 is 3.25 bits per heavy atom. The van der Waals surface area contributed by atoms with E-state index in [1.54, 1.807) is 6.08 Å². The summed E-state index contributed by atoms with van der Waals surface area (Å²) in [7, 11) is 1.32. The van der Waals surface area contributed by atoms with Crippen LogP contribution in [0.2, 0.25) is 0 Å². The Hall–Kier alpha value is -1.33. The van der Waals surface area contributed by atoms with Crippen LogP contribution in [0.4, 0.5) is 0 Å². The van der Waals surface area contributed by atoms with Crippen LogP contribution in [0, 0.1) is 11.8 Å². The average Bonchev–Trinajstić information content (AvgIpc) is 2.81. The minimum atomic E-state index is -1.01. The monoisotopic (exact) mass is 224 g/mol. The van der Waals surface area contributed by atoms with E-state index in [2.05, 4.69) is 4.74 Å². The quantitative estimate of drug-likeness (QED) is 0.500. The van der Waals surface area contributed by atoms with Gasteiger partial charge in [-0.2, -0.15) is 0 Å². The van der Waals surface area contributed by atoms with E-state index in [1.165, 1.54) is 13.4 Å². The van der Waals surface area contributed by atoms with Gasteiger partial charge in [-0.25, -0.2) is 4.79 Å². The maximum Gasteiger partial charge on any atom is 0.337 e. The number of hydrogen-bond donors (Lipinski definition) is 1. The van der Waals surface area contributed by atoms with E-state index in [0.717, 1.165) is 0 Å². The Morgan fingerprint density at radius 1 is 1.69 bits per heavy atom. The second kappa shape index (κ2) is 3.09. The molecule has 1 unspecified atom stereocenters. The van der Waals surface area contributed by atoms with E-state index >= 15 is 0 Å². The van der Waals surface area contributed by atoms with Crippen molar-refractivity contribution < 1.29 is 24.1 Å². The average molecular weight is 224 g/mol. The predicted octanol–water partition coefficient (Wildman–Crippen LogP) is -0.0369. The highest BCUT2D eigenvalue weighted by molar-refractivity contribution is 5.89. The number of allylic oxidation sites excluding steroid dienone is 1. The number of aliphatic hydroxyl groups is 1. The molecule has 0 aromatic rings. The summed E-state index contributed by atoms with van der Waals surface area (Å²) in [5, 5.41) is 10.2. The molecule has 3 aliphatic rings. The van der Waals surface area contributed by atoms with Crippen molar-refractivity contribution in [3.63, 3.8) is 0 Å². The van der Waals surface area contributed by atoms with Crippen molar-refractivity contribution in [1.82, 2.24) is 0 Å². The van der Waals surface area contributed by atoms with Gasteiger partial charge in [-0.15, -0.1) is 0 Å². The van der Waals surface area contributed by atoms with E-state index in [0.29, 0.717) is 5.57 Å². The lowest BCUT2D eigenvalue weighted by atomic mass is 9.81. The van der Waals surface area contributed by atoms with Gasteiger partial charge in [0.1, 0.15) is 5.60 Å². The standard InChI is InChI=1S/C11H12O5/c1-14-9(12)7-4-15-10-8-6(7)2-3-11(8,13)5-16-10/h2-4,6,8,10,13H,5H2,1H3/t6-,8?,10-,11-/m1/s1. The van der Waals surface area contributed by atoms with Gasteiger partial charge >= 0.3 is 5.97 Å². The number of carbonyl (C=O) groups excluding carboxylic acids is 1. The van der Waals surface area contributed by atoms with Gasteiger partial charge in [-0.1, -0.05) is 12.2 Å². The lowest BCUT2D eigenvalue weighted by Crippen LogP contribution is -2.41. The van der Waals surface area contributed by atoms with E-state index in [9.17, 15) is 9.90 Å². The molecule has 1 N–H and O–H groups in total. The second-order valence-electron chi connectivity index (χ2n) is 4.28. The van der Waals surface area contributed by atoms with Crippen LogP contribution in [0.5, 0.6) is 0 Å². The lowest BCUT2D eigenvalue weighted by Gasteiger charge is -2.31. The molecule has 5 heteroatoms. The highest BCUT2D eigenvalue weighted by atomic mass is 16.7.